The lowest BCUT2D eigenvalue weighted by Crippen LogP contribution is -2.30. The number of aryl methyl sites for hydroxylation is 1. The predicted molar refractivity (Wildman–Crippen MR) is 154 cm³/mol. The van der Waals surface area contributed by atoms with Gasteiger partial charge in [0.2, 0.25) is 5.91 Å². The van der Waals surface area contributed by atoms with Crippen LogP contribution in [0.1, 0.15) is 21.5 Å². The van der Waals surface area contributed by atoms with Crippen LogP contribution >= 0.6 is 11.8 Å². The molecule has 4 aromatic carbocycles. The summed E-state index contributed by atoms with van der Waals surface area (Å²) < 4.78 is 54.6. The van der Waals surface area contributed by atoms with Gasteiger partial charge in [-0.25, -0.2) is 17.6 Å². The summed E-state index contributed by atoms with van der Waals surface area (Å²) in [6.07, 6.45) is 1.53. The van der Waals surface area contributed by atoms with E-state index in [4.69, 9.17) is 0 Å². The molecule has 0 radical (unpaired) electrons. The lowest BCUT2D eigenvalue weighted by atomic mass is 10.1. The van der Waals surface area contributed by atoms with Gasteiger partial charge in [0.25, 0.3) is 11.8 Å². The molecule has 42 heavy (non-hydrogen) atoms. The van der Waals surface area contributed by atoms with Gasteiger partial charge < -0.3 is 16.0 Å². The van der Waals surface area contributed by atoms with E-state index in [9.17, 15) is 31.9 Å². The summed E-state index contributed by atoms with van der Waals surface area (Å²) in [6.45, 7) is 1.92. The van der Waals surface area contributed by atoms with Gasteiger partial charge in [0, 0.05) is 22.2 Å². The van der Waals surface area contributed by atoms with Crippen LogP contribution in [0.5, 0.6) is 0 Å². The Labute approximate surface area is 242 Å². The molecule has 0 heterocycles. The van der Waals surface area contributed by atoms with Gasteiger partial charge in [-0.1, -0.05) is 54.1 Å². The minimum atomic E-state index is -1.72. The van der Waals surface area contributed by atoms with Crippen LogP contribution in [0.4, 0.5) is 28.9 Å². The summed E-state index contributed by atoms with van der Waals surface area (Å²) in [5.41, 5.74) is 1.16. The van der Waals surface area contributed by atoms with Crippen molar-refractivity contribution in [2.24, 2.45) is 0 Å². The van der Waals surface area contributed by atoms with Gasteiger partial charge in [-0.3, -0.25) is 14.4 Å². The quantitative estimate of drug-likeness (QED) is 0.0874. The Balaban J connectivity index is 1.46. The zero-order valence-corrected chi connectivity index (χ0v) is 22.8. The first-order valence-corrected chi connectivity index (χ1v) is 13.4. The molecule has 0 aliphatic heterocycles. The Morgan fingerprint density at radius 2 is 1.45 bits per heavy atom. The number of halogens is 4. The van der Waals surface area contributed by atoms with Crippen molar-refractivity contribution in [3.63, 3.8) is 0 Å². The highest BCUT2D eigenvalue weighted by atomic mass is 32.2. The second-order valence-electron chi connectivity index (χ2n) is 8.95. The van der Waals surface area contributed by atoms with Gasteiger partial charge in [-0.2, -0.15) is 0 Å². The van der Waals surface area contributed by atoms with Crippen LogP contribution in [0.15, 0.2) is 95.5 Å². The van der Waals surface area contributed by atoms with Crippen molar-refractivity contribution < 1.29 is 31.9 Å². The maximum atomic E-state index is 13.9. The molecule has 0 saturated carbocycles. The second-order valence-corrected chi connectivity index (χ2v) is 10.00. The Bertz CT molecular complexity index is 1640. The summed E-state index contributed by atoms with van der Waals surface area (Å²) in [7, 11) is 0. The molecule has 0 atom stereocenters. The van der Waals surface area contributed by atoms with E-state index in [1.165, 1.54) is 6.08 Å². The summed E-state index contributed by atoms with van der Waals surface area (Å²) >= 11 is 0.949. The molecule has 0 aliphatic rings. The molecule has 0 bridgehead atoms. The number of rotatable bonds is 9. The van der Waals surface area contributed by atoms with Crippen LogP contribution in [-0.2, 0) is 9.59 Å². The number of anilines is 2. The first-order chi connectivity index (χ1) is 20.1. The number of hydrogen-bond acceptors (Lipinski definition) is 4. The summed E-state index contributed by atoms with van der Waals surface area (Å²) in [5.74, 6) is -9.09. The molecular weight excluding hydrogens is 570 g/mol. The SMILES string of the molecule is Cc1ccc(/C=C(/NC(=O)c2ccccc2)C(=O)Nc2cccc(SCC(=O)Nc3c(F)c(F)cc(F)c3F)c2)cc1. The van der Waals surface area contributed by atoms with Crippen molar-refractivity contribution in [3.8, 4) is 0 Å². The van der Waals surface area contributed by atoms with E-state index >= 15 is 0 Å². The third kappa shape index (κ3) is 7.85. The van der Waals surface area contributed by atoms with Gasteiger partial charge in [0.15, 0.2) is 23.3 Å². The Hall–Kier alpha value is -4.90. The molecule has 3 amide bonds. The normalized spacial score (nSPS) is 11.1. The molecule has 0 spiro atoms. The van der Waals surface area contributed by atoms with Crippen LogP contribution < -0.4 is 16.0 Å². The largest absolute Gasteiger partial charge is 0.321 e. The topological polar surface area (TPSA) is 87.3 Å². The average Bonchev–Trinajstić information content (AvgIpc) is 2.98. The fourth-order valence-electron chi connectivity index (χ4n) is 3.64. The minimum Gasteiger partial charge on any atom is -0.321 e. The van der Waals surface area contributed by atoms with E-state index in [0.29, 0.717) is 21.7 Å². The molecular formula is C31H23F4N3O3S. The van der Waals surface area contributed by atoms with E-state index in [2.05, 4.69) is 10.6 Å². The monoisotopic (exact) mass is 593 g/mol. The Morgan fingerprint density at radius 3 is 2.12 bits per heavy atom. The maximum Gasteiger partial charge on any atom is 0.272 e. The third-order valence-corrected chi connectivity index (χ3v) is 6.75. The molecule has 0 fully saturated rings. The summed E-state index contributed by atoms with van der Waals surface area (Å²) in [5, 5.41) is 7.20. The van der Waals surface area contributed by atoms with Crippen molar-refractivity contribution in [2.45, 2.75) is 11.8 Å². The summed E-state index contributed by atoms with van der Waals surface area (Å²) in [4.78, 5) is 38.8. The average molecular weight is 594 g/mol. The molecule has 6 nitrogen and oxygen atoms in total. The van der Waals surface area contributed by atoms with Crippen molar-refractivity contribution in [3.05, 3.63) is 131 Å². The van der Waals surface area contributed by atoms with E-state index in [1.54, 1.807) is 66.7 Å². The zero-order valence-electron chi connectivity index (χ0n) is 22.0. The lowest BCUT2D eigenvalue weighted by Gasteiger charge is -2.12. The van der Waals surface area contributed by atoms with Gasteiger partial charge in [-0.15, -0.1) is 11.8 Å². The van der Waals surface area contributed by atoms with E-state index in [1.807, 2.05) is 24.4 Å². The number of hydrogen-bond donors (Lipinski definition) is 3. The van der Waals surface area contributed by atoms with Gasteiger partial charge in [0.05, 0.1) is 5.75 Å². The van der Waals surface area contributed by atoms with Crippen LogP contribution in [0.3, 0.4) is 0 Å². The molecule has 4 rings (SSSR count). The fraction of sp³-hybridized carbons (Fsp3) is 0.0645. The summed E-state index contributed by atoms with van der Waals surface area (Å²) in [6, 6.07) is 22.1. The molecule has 0 saturated heterocycles. The van der Waals surface area contributed by atoms with Crippen molar-refractivity contribution in [1.82, 2.24) is 5.32 Å². The minimum absolute atomic E-state index is 0.0171. The van der Waals surface area contributed by atoms with E-state index in [-0.39, 0.29) is 17.5 Å². The lowest BCUT2D eigenvalue weighted by molar-refractivity contribution is -0.114. The molecule has 214 valence electrons. The highest BCUT2D eigenvalue weighted by Crippen LogP contribution is 2.26. The van der Waals surface area contributed by atoms with Crippen LogP contribution in [0, 0.1) is 30.2 Å². The van der Waals surface area contributed by atoms with Crippen LogP contribution in [0.25, 0.3) is 6.08 Å². The zero-order chi connectivity index (χ0) is 30.2. The third-order valence-electron chi connectivity index (χ3n) is 5.76. The van der Waals surface area contributed by atoms with Crippen LogP contribution in [0.2, 0.25) is 0 Å². The Kier molecular flexibility index (Phi) is 9.77. The first kappa shape index (κ1) is 30.1. The van der Waals surface area contributed by atoms with Gasteiger partial charge in [0.1, 0.15) is 11.4 Å². The standard InChI is InChI=1S/C31H23F4N3O3S/c1-18-10-12-19(13-11-18)14-25(37-30(40)20-6-3-2-4-7-20)31(41)36-21-8-5-9-22(15-21)42-17-26(39)38-29-27(34)23(32)16-24(33)28(29)35/h2-16H,17H2,1H3,(H,36,41)(H,37,40)(H,38,39)/b25-14+. The van der Waals surface area contributed by atoms with Crippen LogP contribution in [-0.4, -0.2) is 23.5 Å². The highest BCUT2D eigenvalue weighted by molar-refractivity contribution is 8.00. The number of amides is 3. The highest BCUT2D eigenvalue weighted by Gasteiger charge is 2.21. The Morgan fingerprint density at radius 1 is 0.786 bits per heavy atom. The number of carbonyl (C=O) groups is 3. The number of nitrogens with one attached hydrogen (secondary N) is 3. The molecule has 4 aromatic rings. The molecule has 0 unspecified atom stereocenters. The van der Waals surface area contributed by atoms with Crippen molar-refractivity contribution >= 4 is 46.9 Å². The van der Waals surface area contributed by atoms with E-state index in [0.717, 1.165) is 17.3 Å². The molecule has 11 heteroatoms. The van der Waals surface area contributed by atoms with Gasteiger partial charge in [-0.05, 0) is 48.9 Å². The van der Waals surface area contributed by atoms with Crippen molar-refractivity contribution in [1.29, 1.82) is 0 Å². The number of carbonyl (C=O) groups excluding carboxylic acids is 3. The first-order valence-electron chi connectivity index (χ1n) is 12.4. The smallest absolute Gasteiger partial charge is 0.272 e. The number of thioether (sulfide) groups is 1. The predicted octanol–water partition coefficient (Wildman–Crippen LogP) is 6.69. The van der Waals surface area contributed by atoms with Gasteiger partial charge >= 0.3 is 0 Å². The second kappa shape index (κ2) is 13.6. The fourth-order valence-corrected chi connectivity index (χ4v) is 4.40. The molecule has 0 aliphatic carbocycles. The van der Waals surface area contributed by atoms with E-state index < -0.39 is 46.7 Å². The molecule has 0 aromatic heterocycles. The van der Waals surface area contributed by atoms with Crippen molar-refractivity contribution in [2.75, 3.05) is 16.4 Å². The maximum absolute atomic E-state index is 13.9. The molecule has 3 N–H and O–H groups in total. The number of benzene rings is 4.